The van der Waals surface area contributed by atoms with E-state index in [1.54, 1.807) is 0 Å². The first-order valence-corrected chi connectivity index (χ1v) is 12.5. The van der Waals surface area contributed by atoms with Crippen LogP contribution in [0.3, 0.4) is 0 Å². The van der Waals surface area contributed by atoms with Crippen molar-refractivity contribution in [3.63, 3.8) is 0 Å². The van der Waals surface area contributed by atoms with E-state index in [9.17, 15) is 4.57 Å². The minimum Gasteiger partial charge on any atom is -0.382 e. The molecule has 0 bridgehead atoms. The lowest BCUT2D eigenvalue weighted by atomic mass is 9.99. The molecule has 1 heterocycles. The number of hydrogen-bond donors (Lipinski definition) is 1. The van der Waals surface area contributed by atoms with Crippen LogP contribution >= 0.6 is 7.14 Å². The number of aryl methyl sites for hydroxylation is 1. The summed E-state index contributed by atoms with van der Waals surface area (Å²) in [6.45, 7) is 2.27. The number of benzene rings is 1. The van der Waals surface area contributed by atoms with Crippen molar-refractivity contribution in [2.45, 2.75) is 101 Å². The van der Waals surface area contributed by atoms with E-state index in [0.717, 1.165) is 6.42 Å². The normalized spacial score (nSPS) is 26.0. The SMILES string of the molecule is CC1CCc2cccc(P(=O)(C3CCCCC3)C3CCCCC3)c2N1. The summed E-state index contributed by atoms with van der Waals surface area (Å²) in [5, 5.41) is 4.97. The number of hydrogen-bond acceptors (Lipinski definition) is 2. The molecule has 138 valence electrons. The molecule has 1 aliphatic heterocycles. The lowest BCUT2D eigenvalue weighted by molar-refractivity contribution is 0.452. The maximum absolute atomic E-state index is 14.9. The van der Waals surface area contributed by atoms with Crippen LogP contribution in [0, 0.1) is 0 Å². The van der Waals surface area contributed by atoms with Crippen LogP contribution in [0.15, 0.2) is 18.2 Å². The van der Waals surface area contributed by atoms with Gasteiger partial charge in [-0.15, -0.1) is 0 Å². The summed E-state index contributed by atoms with van der Waals surface area (Å²) in [6, 6.07) is 7.17. The first-order chi connectivity index (χ1) is 12.2. The van der Waals surface area contributed by atoms with E-state index in [0.29, 0.717) is 17.4 Å². The third-order valence-corrected chi connectivity index (χ3v) is 11.3. The van der Waals surface area contributed by atoms with Crippen molar-refractivity contribution >= 4 is 18.1 Å². The van der Waals surface area contributed by atoms with E-state index in [1.165, 1.54) is 87.2 Å². The molecule has 4 rings (SSSR count). The molecule has 1 unspecified atom stereocenters. The Kier molecular flexibility index (Phi) is 5.28. The summed E-state index contributed by atoms with van der Waals surface area (Å²) >= 11 is 0. The monoisotopic (exact) mass is 359 g/mol. The Morgan fingerprint density at radius 2 is 1.48 bits per heavy atom. The molecule has 2 fully saturated rings. The van der Waals surface area contributed by atoms with Crippen molar-refractivity contribution in [3.8, 4) is 0 Å². The smallest absolute Gasteiger partial charge is 0.123 e. The van der Waals surface area contributed by atoms with Crippen LogP contribution < -0.4 is 10.6 Å². The Hall–Kier alpha value is -0.750. The van der Waals surface area contributed by atoms with Gasteiger partial charge in [-0.1, -0.05) is 50.7 Å². The molecule has 1 atom stereocenters. The van der Waals surface area contributed by atoms with Gasteiger partial charge in [-0.25, -0.2) is 0 Å². The Balaban J connectivity index is 1.79. The average molecular weight is 359 g/mol. The number of nitrogens with one attached hydrogen (secondary N) is 1. The van der Waals surface area contributed by atoms with Crippen molar-refractivity contribution in [2.75, 3.05) is 5.32 Å². The van der Waals surface area contributed by atoms with Gasteiger partial charge in [0.1, 0.15) is 7.14 Å². The van der Waals surface area contributed by atoms with Gasteiger partial charge in [0.2, 0.25) is 0 Å². The van der Waals surface area contributed by atoms with E-state index < -0.39 is 7.14 Å². The third-order valence-electron chi connectivity index (χ3n) is 6.98. The molecule has 1 aromatic carbocycles. The molecule has 0 spiro atoms. The van der Waals surface area contributed by atoms with Crippen molar-refractivity contribution < 1.29 is 4.57 Å². The molecule has 0 amide bonds. The first-order valence-electron chi connectivity index (χ1n) is 10.7. The molecule has 25 heavy (non-hydrogen) atoms. The highest BCUT2D eigenvalue weighted by Crippen LogP contribution is 2.63. The minimum atomic E-state index is -2.37. The lowest BCUT2D eigenvalue weighted by Crippen LogP contribution is -2.34. The zero-order valence-electron chi connectivity index (χ0n) is 15.8. The van der Waals surface area contributed by atoms with Gasteiger partial charge in [0, 0.05) is 28.4 Å². The number of fused-ring (bicyclic) bond motifs is 1. The van der Waals surface area contributed by atoms with Crippen molar-refractivity contribution in [1.29, 1.82) is 0 Å². The van der Waals surface area contributed by atoms with Crippen LogP contribution in [0.25, 0.3) is 0 Å². The molecular formula is C22H34NOP. The fourth-order valence-corrected chi connectivity index (χ4v) is 10.1. The summed E-state index contributed by atoms with van der Waals surface area (Å²) in [5.74, 6) is 0. The predicted molar refractivity (Wildman–Crippen MR) is 109 cm³/mol. The van der Waals surface area contributed by atoms with E-state index in [-0.39, 0.29) is 0 Å². The number of para-hydroxylation sites is 1. The maximum atomic E-state index is 14.9. The molecule has 1 aromatic rings. The van der Waals surface area contributed by atoms with E-state index in [4.69, 9.17) is 0 Å². The second-order valence-corrected chi connectivity index (χ2v) is 12.0. The van der Waals surface area contributed by atoms with Gasteiger partial charge in [0.15, 0.2) is 0 Å². The Bertz CT molecular complexity index is 621. The number of anilines is 1. The van der Waals surface area contributed by atoms with Crippen molar-refractivity contribution in [1.82, 2.24) is 0 Å². The summed E-state index contributed by atoms with van der Waals surface area (Å²) in [7, 11) is -2.37. The van der Waals surface area contributed by atoms with Gasteiger partial charge in [0.05, 0.1) is 0 Å². The maximum Gasteiger partial charge on any atom is 0.123 e. The van der Waals surface area contributed by atoms with Crippen molar-refractivity contribution in [3.05, 3.63) is 23.8 Å². The molecular weight excluding hydrogens is 325 g/mol. The van der Waals surface area contributed by atoms with Gasteiger partial charge in [-0.3, -0.25) is 0 Å². The highest BCUT2D eigenvalue weighted by Gasteiger charge is 2.44. The van der Waals surface area contributed by atoms with E-state index in [2.05, 4.69) is 30.4 Å². The third kappa shape index (κ3) is 3.32. The van der Waals surface area contributed by atoms with Gasteiger partial charge in [-0.2, -0.15) is 0 Å². The highest BCUT2D eigenvalue weighted by atomic mass is 31.2. The Labute approximate surface area is 153 Å². The quantitative estimate of drug-likeness (QED) is 0.662. The standard InChI is InChI=1S/C22H34NOP/c1-17-15-16-18-9-8-14-21(22(18)23-17)25(24,19-10-4-2-5-11-19)20-12-6-3-7-13-20/h8-9,14,17,19-20,23H,2-7,10-13,15-16H2,1H3. The van der Waals surface area contributed by atoms with Crippen LogP contribution in [-0.2, 0) is 11.0 Å². The largest absolute Gasteiger partial charge is 0.382 e. The topological polar surface area (TPSA) is 29.1 Å². The molecule has 2 nitrogen and oxygen atoms in total. The van der Waals surface area contributed by atoms with E-state index >= 15 is 0 Å². The van der Waals surface area contributed by atoms with Gasteiger partial charge >= 0.3 is 0 Å². The summed E-state index contributed by atoms with van der Waals surface area (Å²) < 4.78 is 14.9. The molecule has 3 heteroatoms. The Morgan fingerprint density at radius 1 is 0.880 bits per heavy atom. The van der Waals surface area contributed by atoms with E-state index in [1.807, 2.05) is 0 Å². The van der Waals surface area contributed by atoms with Gasteiger partial charge < -0.3 is 9.88 Å². The predicted octanol–water partition coefficient (Wildman–Crippen LogP) is 6.09. The Morgan fingerprint density at radius 3 is 2.08 bits per heavy atom. The molecule has 2 aliphatic carbocycles. The first kappa shape index (κ1) is 17.7. The zero-order chi connectivity index (χ0) is 17.3. The molecule has 2 saturated carbocycles. The van der Waals surface area contributed by atoms with Crippen LogP contribution in [-0.4, -0.2) is 17.4 Å². The second-order valence-electron chi connectivity index (χ2n) is 8.69. The summed E-state index contributed by atoms with van der Waals surface area (Å²) in [4.78, 5) is 0. The zero-order valence-corrected chi connectivity index (χ0v) is 16.7. The van der Waals surface area contributed by atoms with Crippen LogP contribution in [0.5, 0.6) is 0 Å². The average Bonchev–Trinajstić information content (AvgIpc) is 2.68. The lowest BCUT2D eigenvalue weighted by Gasteiger charge is -2.40. The molecule has 0 saturated heterocycles. The van der Waals surface area contributed by atoms with Gasteiger partial charge in [-0.05, 0) is 57.1 Å². The molecule has 0 aromatic heterocycles. The number of rotatable bonds is 3. The molecule has 1 N–H and O–H groups in total. The molecule has 0 radical (unpaired) electrons. The fraction of sp³-hybridized carbons (Fsp3) is 0.727. The van der Waals surface area contributed by atoms with Gasteiger partial charge in [0.25, 0.3) is 0 Å². The van der Waals surface area contributed by atoms with Crippen LogP contribution in [0.1, 0.15) is 83.1 Å². The summed E-state index contributed by atoms with van der Waals surface area (Å²) in [6.07, 6.45) is 14.9. The summed E-state index contributed by atoms with van der Waals surface area (Å²) in [5.41, 5.74) is 3.55. The fourth-order valence-electron chi connectivity index (χ4n) is 5.56. The second kappa shape index (κ2) is 7.47. The minimum absolute atomic E-state index is 0.440. The molecule has 3 aliphatic rings. The van der Waals surface area contributed by atoms with Crippen molar-refractivity contribution in [2.24, 2.45) is 0 Å². The van der Waals surface area contributed by atoms with Crippen LogP contribution in [0.2, 0.25) is 0 Å². The van der Waals surface area contributed by atoms with Crippen LogP contribution in [0.4, 0.5) is 5.69 Å². The highest BCUT2D eigenvalue weighted by molar-refractivity contribution is 7.73.